The summed E-state index contributed by atoms with van der Waals surface area (Å²) in [7, 11) is -3.63. The number of sulfonamides is 1. The first kappa shape index (κ1) is 23.4. The number of rotatable bonds is 6. The van der Waals surface area contributed by atoms with Gasteiger partial charge in [-0.3, -0.25) is 0 Å². The zero-order valence-electron chi connectivity index (χ0n) is 18.3. The molecule has 0 amide bonds. The van der Waals surface area contributed by atoms with Crippen LogP contribution >= 0.6 is 0 Å². The highest BCUT2D eigenvalue weighted by Crippen LogP contribution is 2.21. The second-order valence-electron chi connectivity index (χ2n) is 7.54. The van der Waals surface area contributed by atoms with Crippen LogP contribution in [0.15, 0.2) is 83.8 Å². The van der Waals surface area contributed by atoms with Crippen LogP contribution in [-0.2, 0) is 14.8 Å². The summed E-state index contributed by atoms with van der Waals surface area (Å²) in [6.07, 6.45) is 1.76. The summed E-state index contributed by atoms with van der Waals surface area (Å²) in [5.74, 6) is -0.258. The molecule has 0 aromatic heterocycles. The molecule has 3 aromatic rings. The van der Waals surface area contributed by atoms with Crippen molar-refractivity contribution >= 4 is 27.6 Å². The molecular weight excluding hydrogens is 452 g/mol. The number of hydrogen-bond acceptors (Lipinski definition) is 6. The molecule has 1 aliphatic rings. The fourth-order valence-electron chi connectivity index (χ4n) is 3.46. The molecule has 0 atom stereocenters. The van der Waals surface area contributed by atoms with Crippen LogP contribution in [0.3, 0.4) is 0 Å². The third-order valence-electron chi connectivity index (χ3n) is 5.30. The Labute approximate surface area is 198 Å². The fourth-order valence-corrected chi connectivity index (χ4v) is 4.87. The molecule has 0 spiro atoms. The first-order valence-electron chi connectivity index (χ1n) is 10.6. The Morgan fingerprint density at radius 1 is 0.912 bits per heavy atom. The number of ether oxygens (including phenoxy) is 2. The van der Waals surface area contributed by atoms with Crippen molar-refractivity contribution < 1.29 is 22.7 Å². The normalized spacial score (nSPS) is 14.9. The predicted octanol–water partition coefficient (Wildman–Crippen LogP) is 3.99. The Hall–Kier alpha value is -3.77. The molecule has 0 radical (unpaired) electrons. The van der Waals surface area contributed by atoms with Crippen LogP contribution in [0.1, 0.15) is 21.5 Å². The quantitative estimate of drug-likeness (QED) is 0.232. The van der Waals surface area contributed by atoms with Crippen LogP contribution < -0.4 is 4.74 Å². The van der Waals surface area contributed by atoms with Crippen LogP contribution in [0.25, 0.3) is 11.6 Å². The number of carbonyl (C=O) groups is 1. The summed E-state index contributed by atoms with van der Waals surface area (Å²) in [4.78, 5) is 12.6. The number of carbonyl (C=O) groups excluding carboxylic acids is 1. The number of morpholine rings is 1. The zero-order valence-corrected chi connectivity index (χ0v) is 19.1. The molecule has 0 N–H and O–H groups in total. The van der Waals surface area contributed by atoms with Gasteiger partial charge in [-0.05, 0) is 53.6 Å². The van der Waals surface area contributed by atoms with Crippen molar-refractivity contribution in [1.82, 2.24) is 4.31 Å². The maximum absolute atomic E-state index is 12.7. The van der Waals surface area contributed by atoms with Gasteiger partial charge < -0.3 is 9.47 Å². The van der Waals surface area contributed by atoms with E-state index in [0.29, 0.717) is 37.6 Å². The Kier molecular flexibility index (Phi) is 7.18. The van der Waals surface area contributed by atoms with E-state index in [9.17, 15) is 18.5 Å². The van der Waals surface area contributed by atoms with Gasteiger partial charge in [0.1, 0.15) is 5.75 Å². The maximum Gasteiger partial charge on any atom is 0.343 e. The second-order valence-corrected chi connectivity index (χ2v) is 9.47. The molecule has 3 aromatic carbocycles. The summed E-state index contributed by atoms with van der Waals surface area (Å²) in [5, 5.41) is 9.45. The summed E-state index contributed by atoms with van der Waals surface area (Å²) >= 11 is 0. The standard InChI is InChI=1S/C26H22N2O5S/c27-19-23(21-4-2-1-3-5-21)18-20-6-10-24(11-7-20)33-26(29)22-8-12-25(13-9-22)34(30,31)28-14-16-32-17-15-28/h1-13,18H,14-17H2/b23-18-. The average Bonchev–Trinajstić information content (AvgIpc) is 2.89. The maximum atomic E-state index is 12.7. The molecule has 1 aliphatic heterocycles. The summed E-state index contributed by atoms with van der Waals surface area (Å²) in [5.41, 5.74) is 2.37. The molecule has 1 fully saturated rings. The van der Waals surface area contributed by atoms with Crippen LogP contribution in [0.2, 0.25) is 0 Å². The molecular formula is C26H22N2O5S. The smallest absolute Gasteiger partial charge is 0.343 e. The highest BCUT2D eigenvalue weighted by Gasteiger charge is 2.26. The fraction of sp³-hybridized carbons (Fsp3) is 0.154. The van der Waals surface area contributed by atoms with Crippen molar-refractivity contribution in [1.29, 1.82) is 5.26 Å². The van der Waals surface area contributed by atoms with E-state index in [1.165, 1.54) is 28.6 Å². The molecule has 172 valence electrons. The van der Waals surface area contributed by atoms with E-state index in [0.717, 1.165) is 11.1 Å². The highest BCUT2D eigenvalue weighted by atomic mass is 32.2. The number of nitriles is 1. The van der Waals surface area contributed by atoms with Crippen molar-refractivity contribution in [2.24, 2.45) is 0 Å². The van der Waals surface area contributed by atoms with Crippen molar-refractivity contribution in [3.05, 3.63) is 95.6 Å². The van der Waals surface area contributed by atoms with Gasteiger partial charge in [-0.1, -0.05) is 42.5 Å². The van der Waals surface area contributed by atoms with Gasteiger partial charge in [0.15, 0.2) is 0 Å². The van der Waals surface area contributed by atoms with Crippen molar-refractivity contribution in [3.8, 4) is 11.8 Å². The zero-order chi connectivity index (χ0) is 24.0. The van der Waals surface area contributed by atoms with Gasteiger partial charge in [0.05, 0.1) is 35.3 Å². The van der Waals surface area contributed by atoms with Gasteiger partial charge in [0.25, 0.3) is 0 Å². The van der Waals surface area contributed by atoms with Crippen LogP contribution in [0.4, 0.5) is 0 Å². The first-order valence-corrected chi connectivity index (χ1v) is 12.1. The Morgan fingerprint density at radius 2 is 1.56 bits per heavy atom. The van der Waals surface area contributed by atoms with E-state index in [4.69, 9.17) is 9.47 Å². The lowest BCUT2D eigenvalue weighted by Gasteiger charge is -2.26. The van der Waals surface area contributed by atoms with Gasteiger partial charge in [-0.15, -0.1) is 0 Å². The Morgan fingerprint density at radius 3 is 2.18 bits per heavy atom. The SMILES string of the molecule is N#C/C(=C/c1ccc(OC(=O)c2ccc(S(=O)(=O)N3CCOCC3)cc2)cc1)c1ccccc1. The topological polar surface area (TPSA) is 96.7 Å². The Bertz CT molecular complexity index is 1320. The predicted molar refractivity (Wildman–Crippen MR) is 127 cm³/mol. The monoisotopic (exact) mass is 474 g/mol. The molecule has 1 saturated heterocycles. The molecule has 0 aliphatic carbocycles. The molecule has 1 heterocycles. The highest BCUT2D eigenvalue weighted by molar-refractivity contribution is 7.89. The first-order chi connectivity index (χ1) is 16.5. The number of benzene rings is 3. The van der Waals surface area contributed by atoms with Crippen LogP contribution in [-0.4, -0.2) is 45.0 Å². The van der Waals surface area contributed by atoms with Gasteiger partial charge in [-0.25, -0.2) is 13.2 Å². The molecule has 0 unspecified atom stereocenters. The van der Waals surface area contributed by atoms with Gasteiger partial charge in [0, 0.05) is 13.1 Å². The van der Waals surface area contributed by atoms with Crippen LogP contribution in [0.5, 0.6) is 5.75 Å². The van der Waals surface area contributed by atoms with Crippen molar-refractivity contribution in [2.75, 3.05) is 26.3 Å². The molecule has 4 rings (SSSR count). The number of esters is 1. The number of allylic oxidation sites excluding steroid dienone is 1. The minimum Gasteiger partial charge on any atom is -0.423 e. The lowest BCUT2D eigenvalue weighted by atomic mass is 10.0. The van der Waals surface area contributed by atoms with Crippen molar-refractivity contribution in [2.45, 2.75) is 4.90 Å². The van der Waals surface area contributed by atoms with E-state index in [2.05, 4.69) is 6.07 Å². The molecule has 0 saturated carbocycles. The molecule has 8 heteroatoms. The number of hydrogen-bond donors (Lipinski definition) is 0. The van der Waals surface area contributed by atoms with E-state index in [-0.39, 0.29) is 10.5 Å². The molecule has 34 heavy (non-hydrogen) atoms. The largest absolute Gasteiger partial charge is 0.423 e. The minimum absolute atomic E-state index is 0.119. The van der Waals surface area contributed by atoms with Gasteiger partial charge in [-0.2, -0.15) is 9.57 Å². The van der Waals surface area contributed by atoms with E-state index < -0.39 is 16.0 Å². The second kappa shape index (κ2) is 10.4. The van der Waals surface area contributed by atoms with Crippen molar-refractivity contribution in [3.63, 3.8) is 0 Å². The lowest BCUT2D eigenvalue weighted by molar-refractivity contribution is 0.0730. The van der Waals surface area contributed by atoms with E-state index in [1.807, 2.05) is 30.3 Å². The summed E-state index contributed by atoms with van der Waals surface area (Å²) in [6, 6.07) is 24.0. The molecule has 0 bridgehead atoms. The van der Waals surface area contributed by atoms with Gasteiger partial charge in [0.2, 0.25) is 10.0 Å². The third kappa shape index (κ3) is 5.41. The average molecular weight is 475 g/mol. The van der Waals surface area contributed by atoms with Crippen LogP contribution in [0, 0.1) is 11.3 Å². The lowest BCUT2D eigenvalue weighted by Crippen LogP contribution is -2.40. The summed E-state index contributed by atoms with van der Waals surface area (Å²) < 4.78 is 37.4. The summed E-state index contributed by atoms with van der Waals surface area (Å²) in [6.45, 7) is 1.33. The number of nitrogens with zero attached hydrogens (tertiary/aromatic N) is 2. The minimum atomic E-state index is -3.63. The third-order valence-corrected chi connectivity index (χ3v) is 7.22. The van der Waals surface area contributed by atoms with E-state index in [1.54, 1.807) is 30.3 Å². The van der Waals surface area contributed by atoms with E-state index >= 15 is 0 Å². The molecule has 7 nitrogen and oxygen atoms in total. The van der Waals surface area contributed by atoms with Gasteiger partial charge >= 0.3 is 5.97 Å². The Balaban J connectivity index is 1.43.